The molecule has 2 aromatic rings. The Morgan fingerprint density at radius 1 is 0.920 bits per heavy atom. The highest BCUT2D eigenvalue weighted by molar-refractivity contribution is 5.29. The number of nitrogens with one attached hydrogen (secondary N) is 1. The number of rotatable bonds is 7. The van der Waals surface area contributed by atoms with Crippen LogP contribution in [0.4, 0.5) is 8.78 Å². The van der Waals surface area contributed by atoms with E-state index in [1.165, 1.54) is 30.5 Å². The molecule has 1 heterocycles. The molecule has 0 amide bonds. The molecule has 134 valence electrons. The molecule has 0 bridgehead atoms. The van der Waals surface area contributed by atoms with Gasteiger partial charge in [0.25, 0.3) is 0 Å². The highest BCUT2D eigenvalue weighted by Crippen LogP contribution is 2.26. The summed E-state index contributed by atoms with van der Waals surface area (Å²) < 4.78 is 37.2. The largest absolute Gasteiger partial charge is 0.493 e. The molecule has 1 aliphatic rings. The van der Waals surface area contributed by atoms with Crippen molar-refractivity contribution in [2.45, 2.75) is 25.2 Å². The lowest BCUT2D eigenvalue weighted by Gasteiger charge is -2.23. The van der Waals surface area contributed by atoms with Gasteiger partial charge in [0.1, 0.15) is 11.6 Å². The molecule has 1 N–H and O–H groups in total. The van der Waals surface area contributed by atoms with E-state index in [1.54, 1.807) is 0 Å². The Morgan fingerprint density at radius 2 is 1.64 bits per heavy atom. The first-order valence-electron chi connectivity index (χ1n) is 8.74. The van der Waals surface area contributed by atoms with Crippen LogP contribution in [0.1, 0.15) is 30.7 Å². The zero-order valence-corrected chi connectivity index (χ0v) is 14.1. The molecule has 0 aromatic heterocycles. The first-order chi connectivity index (χ1) is 12.2. The van der Waals surface area contributed by atoms with Crippen LogP contribution in [0.25, 0.3) is 0 Å². The highest BCUT2D eigenvalue weighted by atomic mass is 19.1. The van der Waals surface area contributed by atoms with Crippen LogP contribution >= 0.6 is 0 Å². The van der Waals surface area contributed by atoms with Gasteiger partial charge in [-0.15, -0.1) is 0 Å². The first-order valence-corrected chi connectivity index (χ1v) is 8.74. The van der Waals surface area contributed by atoms with Gasteiger partial charge in [-0.3, -0.25) is 0 Å². The van der Waals surface area contributed by atoms with Crippen molar-refractivity contribution in [2.75, 3.05) is 26.3 Å². The summed E-state index contributed by atoms with van der Waals surface area (Å²) in [5, 5.41) is 3.38. The van der Waals surface area contributed by atoms with Crippen LogP contribution in [0, 0.1) is 11.6 Å². The minimum absolute atomic E-state index is 0.0627. The number of hydrogen-bond donors (Lipinski definition) is 1. The number of ether oxygens (including phenoxy) is 2. The monoisotopic (exact) mass is 347 g/mol. The number of hydrogen-bond acceptors (Lipinski definition) is 3. The van der Waals surface area contributed by atoms with Crippen LogP contribution in [0.15, 0.2) is 42.5 Å². The van der Waals surface area contributed by atoms with Crippen LogP contribution in [0.5, 0.6) is 11.5 Å². The van der Waals surface area contributed by atoms with E-state index < -0.39 is 11.6 Å². The van der Waals surface area contributed by atoms with E-state index in [-0.39, 0.29) is 5.75 Å². The van der Waals surface area contributed by atoms with Crippen molar-refractivity contribution in [3.63, 3.8) is 0 Å². The Morgan fingerprint density at radius 3 is 2.36 bits per heavy atom. The number of piperidine rings is 1. The molecule has 2 aromatic carbocycles. The van der Waals surface area contributed by atoms with Gasteiger partial charge >= 0.3 is 0 Å². The topological polar surface area (TPSA) is 30.5 Å². The van der Waals surface area contributed by atoms with Gasteiger partial charge in [-0.05, 0) is 61.7 Å². The fourth-order valence-electron chi connectivity index (χ4n) is 3.01. The van der Waals surface area contributed by atoms with Gasteiger partial charge in [0.2, 0.25) is 0 Å². The normalized spacial score (nSPS) is 15.1. The van der Waals surface area contributed by atoms with Gasteiger partial charge in [0, 0.05) is 12.5 Å². The zero-order chi connectivity index (χ0) is 17.5. The smallest absolute Gasteiger partial charge is 0.167 e. The molecule has 0 unspecified atom stereocenters. The summed E-state index contributed by atoms with van der Waals surface area (Å²) in [5.74, 6) is 0.225. The Balaban J connectivity index is 1.38. The van der Waals surface area contributed by atoms with Crippen molar-refractivity contribution >= 4 is 0 Å². The molecule has 5 heteroatoms. The van der Waals surface area contributed by atoms with Crippen molar-refractivity contribution in [1.82, 2.24) is 5.32 Å². The fraction of sp³-hybridized carbons (Fsp3) is 0.400. The van der Waals surface area contributed by atoms with Crippen LogP contribution < -0.4 is 14.8 Å². The average Bonchev–Trinajstić information content (AvgIpc) is 2.64. The SMILES string of the molecule is Fc1ccc(OCCCOc2ccc(C3CCNCC3)cc2)c(F)c1. The predicted octanol–water partition coefficient (Wildman–Crippen LogP) is 4.28. The third-order valence-corrected chi connectivity index (χ3v) is 4.40. The summed E-state index contributed by atoms with van der Waals surface area (Å²) in [6.07, 6.45) is 2.97. The van der Waals surface area contributed by atoms with E-state index in [1.807, 2.05) is 12.1 Å². The predicted molar refractivity (Wildman–Crippen MR) is 93.3 cm³/mol. The number of halogens is 2. The third-order valence-electron chi connectivity index (χ3n) is 4.40. The quantitative estimate of drug-likeness (QED) is 0.759. The standard InChI is InChI=1S/C20H23F2NO2/c21-17-4-7-20(19(22)14-17)25-13-1-12-24-18-5-2-15(3-6-18)16-8-10-23-11-9-16/h2-7,14,16,23H,1,8-13H2. The molecule has 0 saturated carbocycles. The van der Waals surface area contributed by atoms with Crippen molar-refractivity contribution in [3.05, 3.63) is 59.7 Å². The fourth-order valence-corrected chi connectivity index (χ4v) is 3.01. The maximum absolute atomic E-state index is 13.4. The van der Waals surface area contributed by atoms with Gasteiger partial charge < -0.3 is 14.8 Å². The summed E-state index contributed by atoms with van der Waals surface area (Å²) in [7, 11) is 0. The van der Waals surface area contributed by atoms with Gasteiger partial charge in [0.05, 0.1) is 13.2 Å². The Bertz CT molecular complexity index is 670. The second-order valence-corrected chi connectivity index (χ2v) is 6.22. The Kier molecular flexibility index (Phi) is 6.23. The zero-order valence-electron chi connectivity index (χ0n) is 14.1. The molecule has 3 rings (SSSR count). The van der Waals surface area contributed by atoms with E-state index in [0.717, 1.165) is 24.9 Å². The molecular formula is C20H23F2NO2. The van der Waals surface area contributed by atoms with E-state index in [4.69, 9.17) is 9.47 Å². The van der Waals surface area contributed by atoms with E-state index in [9.17, 15) is 8.78 Å². The maximum atomic E-state index is 13.4. The summed E-state index contributed by atoms with van der Waals surface area (Å²) >= 11 is 0. The van der Waals surface area contributed by atoms with E-state index in [2.05, 4.69) is 17.4 Å². The lowest BCUT2D eigenvalue weighted by atomic mass is 9.90. The molecule has 1 aliphatic heterocycles. The lowest BCUT2D eigenvalue weighted by molar-refractivity contribution is 0.241. The van der Waals surface area contributed by atoms with Crippen molar-refractivity contribution in [1.29, 1.82) is 0 Å². The van der Waals surface area contributed by atoms with Crippen molar-refractivity contribution in [3.8, 4) is 11.5 Å². The molecule has 25 heavy (non-hydrogen) atoms. The minimum atomic E-state index is -0.686. The molecule has 0 radical (unpaired) electrons. The molecular weight excluding hydrogens is 324 g/mol. The van der Waals surface area contributed by atoms with Crippen molar-refractivity contribution in [2.24, 2.45) is 0 Å². The van der Waals surface area contributed by atoms with Crippen LogP contribution in [0.3, 0.4) is 0 Å². The van der Waals surface area contributed by atoms with E-state index in [0.29, 0.717) is 25.6 Å². The Hall–Kier alpha value is -2.14. The number of benzene rings is 2. The van der Waals surface area contributed by atoms with Crippen molar-refractivity contribution < 1.29 is 18.3 Å². The summed E-state index contributed by atoms with van der Waals surface area (Å²) in [6, 6.07) is 11.6. The minimum Gasteiger partial charge on any atom is -0.493 e. The molecule has 0 atom stereocenters. The third kappa shape index (κ3) is 5.16. The maximum Gasteiger partial charge on any atom is 0.167 e. The second-order valence-electron chi connectivity index (χ2n) is 6.22. The van der Waals surface area contributed by atoms with Crippen LogP contribution in [-0.4, -0.2) is 26.3 Å². The highest BCUT2D eigenvalue weighted by Gasteiger charge is 2.14. The van der Waals surface area contributed by atoms with Crippen LogP contribution in [0.2, 0.25) is 0 Å². The van der Waals surface area contributed by atoms with Gasteiger partial charge in [0.15, 0.2) is 11.6 Å². The molecule has 0 spiro atoms. The lowest BCUT2D eigenvalue weighted by Crippen LogP contribution is -2.26. The molecule has 1 saturated heterocycles. The Labute approximate surface area is 147 Å². The second kappa shape index (κ2) is 8.81. The van der Waals surface area contributed by atoms with Gasteiger partial charge in [-0.25, -0.2) is 8.78 Å². The van der Waals surface area contributed by atoms with E-state index >= 15 is 0 Å². The van der Waals surface area contributed by atoms with Crippen LogP contribution in [-0.2, 0) is 0 Å². The average molecular weight is 347 g/mol. The molecule has 0 aliphatic carbocycles. The summed E-state index contributed by atoms with van der Waals surface area (Å²) in [5.41, 5.74) is 1.36. The molecule has 3 nitrogen and oxygen atoms in total. The summed E-state index contributed by atoms with van der Waals surface area (Å²) in [6.45, 7) is 2.96. The molecule has 1 fully saturated rings. The van der Waals surface area contributed by atoms with Gasteiger partial charge in [-0.2, -0.15) is 0 Å². The van der Waals surface area contributed by atoms with Gasteiger partial charge in [-0.1, -0.05) is 12.1 Å². The first kappa shape index (κ1) is 17.7. The summed E-state index contributed by atoms with van der Waals surface area (Å²) in [4.78, 5) is 0.